The molecule has 3 aromatic heterocycles. The first-order chi connectivity index (χ1) is 18.4. The Balaban J connectivity index is 1.22. The molecular formula is C29H41N7O3. The largest absolute Gasteiger partial charge is 0.444 e. The molecule has 1 saturated carbocycles. The molecule has 0 atom stereocenters. The number of H-pyrrole nitrogens is 1. The van der Waals surface area contributed by atoms with Crippen LogP contribution in [0.3, 0.4) is 0 Å². The average molecular weight is 536 g/mol. The molecule has 5 rings (SSSR count). The number of aromatic amines is 1. The normalized spacial score (nSPS) is 20.4. The van der Waals surface area contributed by atoms with Crippen LogP contribution in [0.15, 0.2) is 18.6 Å². The fraction of sp³-hybridized carbons (Fsp3) is 0.621. The Morgan fingerprint density at radius 3 is 2.49 bits per heavy atom. The lowest BCUT2D eigenvalue weighted by molar-refractivity contribution is -0.142. The number of amides is 2. The second-order valence-electron chi connectivity index (χ2n) is 12.5. The fourth-order valence-electron chi connectivity index (χ4n) is 6.03. The predicted molar refractivity (Wildman–Crippen MR) is 148 cm³/mol. The molecule has 0 unspecified atom stereocenters. The Morgan fingerprint density at radius 2 is 1.85 bits per heavy atom. The highest BCUT2D eigenvalue weighted by molar-refractivity contribution is 5.82. The number of rotatable bonds is 5. The van der Waals surface area contributed by atoms with E-state index >= 15 is 0 Å². The van der Waals surface area contributed by atoms with Crippen molar-refractivity contribution in [3.8, 4) is 11.3 Å². The molecule has 2 amide bonds. The van der Waals surface area contributed by atoms with E-state index in [0.29, 0.717) is 24.9 Å². The quantitative estimate of drug-likeness (QED) is 0.498. The minimum absolute atomic E-state index is 0.127. The number of aromatic nitrogens is 5. The highest BCUT2D eigenvalue weighted by Crippen LogP contribution is 2.41. The number of nitrogens with one attached hydrogen (secondary N) is 1. The molecule has 4 heterocycles. The summed E-state index contributed by atoms with van der Waals surface area (Å²) in [4.78, 5) is 33.3. The second-order valence-corrected chi connectivity index (χ2v) is 12.5. The molecule has 2 aliphatic rings. The van der Waals surface area contributed by atoms with Crippen molar-refractivity contribution >= 4 is 17.6 Å². The van der Waals surface area contributed by atoms with Gasteiger partial charge in [-0.2, -0.15) is 10.2 Å². The van der Waals surface area contributed by atoms with Crippen LogP contribution < -0.4 is 0 Å². The minimum atomic E-state index is -0.532. The third-order valence-electron chi connectivity index (χ3n) is 8.12. The van der Waals surface area contributed by atoms with Crippen LogP contribution >= 0.6 is 0 Å². The van der Waals surface area contributed by atoms with Crippen LogP contribution in [0.1, 0.15) is 89.0 Å². The fourth-order valence-corrected chi connectivity index (χ4v) is 6.03. The number of fused-ring (bicyclic) bond motifs is 1. The van der Waals surface area contributed by atoms with Gasteiger partial charge in [0, 0.05) is 49.4 Å². The van der Waals surface area contributed by atoms with Gasteiger partial charge in [0.15, 0.2) is 5.65 Å². The molecule has 3 aromatic rings. The summed E-state index contributed by atoms with van der Waals surface area (Å²) in [6.45, 7) is 12.9. The summed E-state index contributed by atoms with van der Waals surface area (Å²) >= 11 is 0. The third kappa shape index (κ3) is 5.38. The lowest BCUT2D eigenvalue weighted by Gasteiger charge is -2.42. The Kier molecular flexibility index (Phi) is 7.15. The van der Waals surface area contributed by atoms with E-state index in [1.807, 2.05) is 43.4 Å². The van der Waals surface area contributed by atoms with Crippen molar-refractivity contribution in [2.75, 3.05) is 20.1 Å². The summed E-state index contributed by atoms with van der Waals surface area (Å²) in [6, 6.07) is 2.36. The van der Waals surface area contributed by atoms with E-state index in [-0.39, 0.29) is 24.0 Å². The van der Waals surface area contributed by atoms with Gasteiger partial charge in [-0.3, -0.25) is 9.89 Å². The number of hydrogen-bond donors (Lipinski definition) is 1. The smallest absolute Gasteiger partial charge is 0.410 e. The minimum Gasteiger partial charge on any atom is -0.444 e. The molecule has 1 saturated heterocycles. The summed E-state index contributed by atoms with van der Waals surface area (Å²) in [5.41, 5.74) is 5.93. The first-order valence-corrected chi connectivity index (χ1v) is 14.1. The molecular weight excluding hydrogens is 494 g/mol. The summed E-state index contributed by atoms with van der Waals surface area (Å²) in [7, 11) is 1.91. The lowest BCUT2D eigenvalue weighted by Crippen LogP contribution is -2.58. The van der Waals surface area contributed by atoms with Gasteiger partial charge in [0.2, 0.25) is 5.91 Å². The van der Waals surface area contributed by atoms with Crippen molar-refractivity contribution in [1.29, 1.82) is 0 Å². The van der Waals surface area contributed by atoms with E-state index in [1.165, 1.54) is 5.56 Å². The monoisotopic (exact) mass is 535 g/mol. The van der Waals surface area contributed by atoms with Gasteiger partial charge in [0.05, 0.1) is 17.3 Å². The number of carbonyl (C=O) groups excluding carboxylic acids is 2. The van der Waals surface area contributed by atoms with Crippen LogP contribution in [0.4, 0.5) is 4.79 Å². The molecule has 10 heteroatoms. The Labute approximate surface area is 230 Å². The topological polar surface area (TPSA) is 109 Å². The van der Waals surface area contributed by atoms with Crippen LogP contribution in [0.2, 0.25) is 0 Å². The lowest BCUT2D eigenvalue weighted by atomic mass is 9.80. The molecule has 1 aliphatic carbocycles. The molecule has 39 heavy (non-hydrogen) atoms. The Bertz CT molecular complexity index is 1350. The summed E-state index contributed by atoms with van der Waals surface area (Å²) in [5.74, 6) is 0.651. The number of carbonyl (C=O) groups is 2. The average Bonchev–Trinajstić information content (AvgIpc) is 3.49. The molecule has 2 fully saturated rings. The number of nitrogens with zero attached hydrogens (tertiary/aromatic N) is 6. The van der Waals surface area contributed by atoms with Gasteiger partial charge in [-0.1, -0.05) is 13.8 Å². The number of pyridine rings is 1. The number of likely N-dealkylation sites (tertiary alicyclic amines) is 1. The SMILES string of the molecule is Cc1cc(-c2[nH]nc(C3CCC(N(C)C(=O)C4CN(C(=O)OC(C)(C)C)C4)CC3)c2C(C)C)cn2ncnc12. The van der Waals surface area contributed by atoms with E-state index < -0.39 is 5.60 Å². The van der Waals surface area contributed by atoms with E-state index in [0.717, 1.165) is 53.8 Å². The van der Waals surface area contributed by atoms with Crippen molar-refractivity contribution in [1.82, 2.24) is 34.6 Å². The molecule has 210 valence electrons. The molecule has 0 bridgehead atoms. The maximum absolute atomic E-state index is 13.2. The number of ether oxygens (including phenoxy) is 1. The van der Waals surface area contributed by atoms with Gasteiger partial charge in [0.25, 0.3) is 0 Å². The van der Waals surface area contributed by atoms with Crippen molar-refractivity contribution in [3.63, 3.8) is 0 Å². The molecule has 1 N–H and O–H groups in total. The zero-order chi connectivity index (χ0) is 28.1. The van der Waals surface area contributed by atoms with E-state index in [9.17, 15) is 9.59 Å². The van der Waals surface area contributed by atoms with Crippen LogP contribution in [-0.4, -0.2) is 78.4 Å². The highest BCUT2D eigenvalue weighted by atomic mass is 16.6. The zero-order valence-electron chi connectivity index (χ0n) is 24.2. The summed E-state index contributed by atoms with van der Waals surface area (Å²) in [6.07, 6.45) is 7.12. The first-order valence-electron chi connectivity index (χ1n) is 14.1. The van der Waals surface area contributed by atoms with E-state index in [2.05, 4.69) is 42.0 Å². The maximum atomic E-state index is 13.2. The Morgan fingerprint density at radius 1 is 1.15 bits per heavy atom. The van der Waals surface area contributed by atoms with Gasteiger partial charge in [-0.05, 0) is 70.9 Å². The summed E-state index contributed by atoms with van der Waals surface area (Å²) < 4.78 is 7.25. The van der Waals surface area contributed by atoms with Crippen LogP contribution in [0.5, 0.6) is 0 Å². The van der Waals surface area contributed by atoms with Crippen LogP contribution in [0, 0.1) is 12.8 Å². The van der Waals surface area contributed by atoms with E-state index in [1.54, 1.807) is 11.2 Å². The van der Waals surface area contributed by atoms with Gasteiger partial charge in [-0.25, -0.2) is 14.3 Å². The number of aryl methyl sites for hydroxylation is 1. The zero-order valence-corrected chi connectivity index (χ0v) is 24.2. The third-order valence-corrected chi connectivity index (χ3v) is 8.12. The van der Waals surface area contributed by atoms with Gasteiger partial charge in [0.1, 0.15) is 11.9 Å². The molecule has 1 aliphatic heterocycles. The molecule has 10 nitrogen and oxygen atoms in total. The van der Waals surface area contributed by atoms with Crippen molar-refractivity contribution in [2.24, 2.45) is 5.92 Å². The van der Waals surface area contributed by atoms with Crippen molar-refractivity contribution < 1.29 is 14.3 Å². The predicted octanol–water partition coefficient (Wildman–Crippen LogP) is 4.90. The summed E-state index contributed by atoms with van der Waals surface area (Å²) in [5, 5.41) is 12.5. The second kappa shape index (κ2) is 10.3. The first kappa shape index (κ1) is 27.1. The highest BCUT2D eigenvalue weighted by Gasteiger charge is 2.41. The Hall–Kier alpha value is -3.43. The van der Waals surface area contributed by atoms with Gasteiger partial charge >= 0.3 is 6.09 Å². The number of hydrogen-bond acceptors (Lipinski definition) is 6. The molecule has 0 radical (unpaired) electrons. The standard InChI is InChI=1S/C29H41N7O3/c1-17(2)23-24(32-33-25(23)20-12-18(3)26-30-16-31-36(26)15-20)19-8-10-22(11-9-19)34(7)27(37)21-13-35(14-21)28(38)39-29(4,5)6/h12,15-17,19,21-22H,8-11,13-14H2,1-7H3,(H,32,33). The molecule has 0 spiro atoms. The van der Waals surface area contributed by atoms with Gasteiger partial charge in [-0.15, -0.1) is 0 Å². The van der Waals surface area contributed by atoms with E-state index in [4.69, 9.17) is 9.84 Å². The van der Waals surface area contributed by atoms with Gasteiger partial charge < -0.3 is 14.5 Å². The van der Waals surface area contributed by atoms with Crippen molar-refractivity contribution in [2.45, 2.75) is 90.7 Å². The van der Waals surface area contributed by atoms with Crippen LogP contribution in [0.25, 0.3) is 16.9 Å². The maximum Gasteiger partial charge on any atom is 0.410 e. The molecule has 0 aromatic carbocycles. The van der Waals surface area contributed by atoms with Crippen LogP contribution in [-0.2, 0) is 9.53 Å². The van der Waals surface area contributed by atoms with Crippen molar-refractivity contribution in [3.05, 3.63) is 35.4 Å².